The molecule has 6 nitrogen and oxygen atoms in total. The number of carbonyl (C=O) groups excluding carboxylic acids is 1. The van der Waals surface area contributed by atoms with Crippen LogP contribution in [0, 0.1) is 6.92 Å². The molecule has 0 saturated carbocycles. The lowest BCUT2D eigenvalue weighted by Crippen LogP contribution is -2.49. The molecule has 162 valence electrons. The van der Waals surface area contributed by atoms with E-state index in [1.165, 1.54) is 16.0 Å². The number of aliphatic imine (C=N–C) groups is 1. The van der Waals surface area contributed by atoms with Crippen LogP contribution in [-0.2, 0) is 0 Å². The topological polar surface area (TPSA) is 61.7 Å². The Hall–Kier alpha value is -3.19. The van der Waals surface area contributed by atoms with E-state index in [0.717, 1.165) is 41.8 Å². The molecule has 0 atom stereocenters. The number of aromatic nitrogens is 2. The van der Waals surface area contributed by atoms with Gasteiger partial charge in [-0.05, 0) is 49.7 Å². The zero-order valence-electron chi connectivity index (χ0n) is 18.3. The van der Waals surface area contributed by atoms with Gasteiger partial charge in [0.25, 0.3) is 5.91 Å². The average molecular weight is 444 g/mol. The average Bonchev–Trinajstić information content (AvgIpc) is 3.00. The molecule has 1 aromatic heterocycles. The fourth-order valence-corrected chi connectivity index (χ4v) is 5.13. The highest BCUT2D eigenvalue weighted by Crippen LogP contribution is 2.41. The molecule has 0 bridgehead atoms. The van der Waals surface area contributed by atoms with Crippen molar-refractivity contribution >= 4 is 35.0 Å². The SMILES string of the molecule is CCC1=Nc2cc(C(=O)N3CCN(c4ncccn4)CC3)ccc2Sc2ccc(C)cc21. The van der Waals surface area contributed by atoms with Crippen LogP contribution in [0.25, 0.3) is 0 Å². The number of amides is 1. The third-order valence-corrected chi connectivity index (χ3v) is 7.00. The third kappa shape index (κ3) is 4.00. The van der Waals surface area contributed by atoms with Crippen LogP contribution in [0.5, 0.6) is 0 Å². The predicted molar refractivity (Wildman–Crippen MR) is 128 cm³/mol. The highest BCUT2D eigenvalue weighted by atomic mass is 32.2. The first-order valence-corrected chi connectivity index (χ1v) is 11.8. The van der Waals surface area contributed by atoms with Crippen LogP contribution in [0.1, 0.15) is 34.8 Å². The molecule has 0 radical (unpaired) electrons. The normalized spacial score (nSPS) is 15.5. The molecule has 3 heterocycles. The van der Waals surface area contributed by atoms with Gasteiger partial charge in [-0.25, -0.2) is 9.97 Å². The number of anilines is 1. The second-order valence-corrected chi connectivity index (χ2v) is 9.11. The molecule has 0 unspecified atom stereocenters. The van der Waals surface area contributed by atoms with Gasteiger partial charge in [-0.1, -0.05) is 30.3 Å². The van der Waals surface area contributed by atoms with E-state index < -0.39 is 0 Å². The van der Waals surface area contributed by atoms with Crippen molar-refractivity contribution in [2.24, 2.45) is 4.99 Å². The van der Waals surface area contributed by atoms with Gasteiger partial charge in [0.05, 0.1) is 5.69 Å². The molecule has 2 aliphatic rings. The lowest BCUT2D eigenvalue weighted by molar-refractivity contribution is 0.0746. The zero-order chi connectivity index (χ0) is 22.1. The molecule has 1 fully saturated rings. The Balaban J connectivity index is 1.37. The summed E-state index contributed by atoms with van der Waals surface area (Å²) in [5.74, 6) is 0.773. The van der Waals surface area contributed by atoms with Gasteiger partial charge in [-0.3, -0.25) is 9.79 Å². The van der Waals surface area contributed by atoms with Gasteiger partial charge < -0.3 is 9.80 Å². The van der Waals surface area contributed by atoms with Crippen LogP contribution >= 0.6 is 11.8 Å². The van der Waals surface area contributed by atoms with Gasteiger partial charge in [-0.15, -0.1) is 0 Å². The van der Waals surface area contributed by atoms with Gasteiger partial charge in [-0.2, -0.15) is 0 Å². The minimum atomic E-state index is 0.0530. The molecule has 0 spiro atoms. The number of carbonyl (C=O) groups is 1. The molecule has 0 N–H and O–H groups in total. The maximum Gasteiger partial charge on any atom is 0.254 e. The van der Waals surface area contributed by atoms with Crippen LogP contribution in [0.15, 0.2) is 69.6 Å². The number of hydrogen-bond donors (Lipinski definition) is 0. The lowest BCUT2D eigenvalue weighted by Gasteiger charge is -2.34. The van der Waals surface area contributed by atoms with E-state index in [1.807, 2.05) is 29.2 Å². The Labute approximate surface area is 192 Å². The molecular weight excluding hydrogens is 418 g/mol. The number of fused-ring (bicyclic) bond motifs is 2. The van der Waals surface area contributed by atoms with Gasteiger partial charge in [0.2, 0.25) is 5.95 Å². The van der Waals surface area contributed by atoms with E-state index in [9.17, 15) is 4.79 Å². The van der Waals surface area contributed by atoms with Crippen molar-refractivity contribution in [1.29, 1.82) is 0 Å². The van der Waals surface area contributed by atoms with Crippen LogP contribution < -0.4 is 4.90 Å². The fraction of sp³-hybridized carbons (Fsp3) is 0.280. The first-order chi connectivity index (χ1) is 15.6. The second-order valence-electron chi connectivity index (χ2n) is 8.02. The molecule has 3 aromatic rings. The lowest BCUT2D eigenvalue weighted by atomic mass is 10.0. The minimum Gasteiger partial charge on any atom is -0.337 e. The summed E-state index contributed by atoms with van der Waals surface area (Å²) in [6, 6.07) is 14.2. The van der Waals surface area contributed by atoms with Crippen LogP contribution in [-0.4, -0.2) is 52.7 Å². The van der Waals surface area contributed by atoms with E-state index in [4.69, 9.17) is 4.99 Å². The Morgan fingerprint density at radius 1 is 1.00 bits per heavy atom. The van der Waals surface area contributed by atoms with Crippen molar-refractivity contribution in [3.8, 4) is 0 Å². The van der Waals surface area contributed by atoms with Gasteiger partial charge >= 0.3 is 0 Å². The van der Waals surface area contributed by atoms with Gasteiger partial charge in [0.15, 0.2) is 0 Å². The number of hydrogen-bond acceptors (Lipinski definition) is 6. The molecule has 7 heteroatoms. The van der Waals surface area contributed by atoms with E-state index in [1.54, 1.807) is 24.2 Å². The standard InChI is InChI=1S/C25H25N5OS/c1-3-20-19-15-17(2)5-7-22(19)32-23-8-6-18(16-21(23)28-20)24(31)29-11-13-30(14-12-29)25-26-9-4-10-27-25/h4-10,15-16H,3,11-14H2,1-2H3. The third-order valence-electron chi connectivity index (χ3n) is 5.86. The van der Waals surface area contributed by atoms with Gasteiger partial charge in [0, 0.05) is 65.2 Å². The number of nitrogens with zero attached hydrogens (tertiary/aromatic N) is 5. The number of rotatable bonds is 3. The summed E-state index contributed by atoms with van der Waals surface area (Å²) in [6.07, 6.45) is 4.34. The van der Waals surface area contributed by atoms with Crippen molar-refractivity contribution in [1.82, 2.24) is 14.9 Å². The Bertz CT molecular complexity index is 1190. The Morgan fingerprint density at radius 2 is 1.75 bits per heavy atom. The second kappa shape index (κ2) is 8.74. The summed E-state index contributed by atoms with van der Waals surface area (Å²) in [6.45, 7) is 6.99. The maximum atomic E-state index is 13.2. The summed E-state index contributed by atoms with van der Waals surface area (Å²) in [7, 11) is 0. The summed E-state index contributed by atoms with van der Waals surface area (Å²) in [5, 5.41) is 0. The Kier molecular flexibility index (Phi) is 5.66. The van der Waals surface area contributed by atoms with E-state index >= 15 is 0 Å². The van der Waals surface area contributed by atoms with Crippen LogP contribution in [0.2, 0.25) is 0 Å². The van der Waals surface area contributed by atoms with Crippen molar-refractivity contribution < 1.29 is 4.79 Å². The number of piperazine rings is 1. The fourth-order valence-electron chi connectivity index (χ4n) is 4.12. The van der Waals surface area contributed by atoms with Gasteiger partial charge in [0.1, 0.15) is 0 Å². The summed E-state index contributed by atoms with van der Waals surface area (Å²) in [4.78, 5) is 33.2. The van der Waals surface area contributed by atoms with Crippen molar-refractivity contribution in [2.45, 2.75) is 30.1 Å². The smallest absolute Gasteiger partial charge is 0.254 e. The summed E-state index contributed by atoms with van der Waals surface area (Å²) < 4.78 is 0. The zero-order valence-corrected chi connectivity index (χ0v) is 19.1. The quantitative estimate of drug-likeness (QED) is 0.585. The van der Waals surface area contributed by atoms with Crippen molar-refractivity contribution in [2.75, 3.05) is 31.1 Å². The highest BCUT2D eigenvalue weighted by Gasteiger charge is 2.25. The molecule has 5 rings (SSSR count). The molecule has 2 aliphatic heterocycles. The molecule has 32 heavy (non-hydrogen) atoms. The van der Waals surface area contributed by atoms with Crippen molar-refractivity contribution in [3.05, 3.63) is 71.5 Å². The number of benzene rings is 2. The molecule has 1 amide bonds. The highest BCUT2D eigenvalue weighted by molar-refractivity contribution is 7.99. The van der Waals surface area contributed by atoms with Crippen molar-refractivity contribution in [3.63, 3.8) is 0 Å². The molecule has 1 saturated heterocycles. The van der Waals surface area contributed by atoms with Crippen LogP contribution in [0.4, 0.5) is 11.6 Å². The number of aryl methyl sites for hydroxylation is 1. The molecule has 0 aliphatic carbocycles. The first-order valence-electron chi connectivity index (χ1n) is 10.9. The van der Waals surface area contributed by atoms with E-state index in [2.05, 4.69) is 46.9 Å². The van der Waals surface area contributed by atoms with Crippen LogP contribution in [0.3, 0.4) is 0 Å². The van der Waals surface area contributed by atoms with E-state index in [-0.39, 0.29) is 5.91 Å². The van der Waals surface area contributed by atoms with E-state index in [0.29, 0.717) is 18.7 Å². The first kappa shape index (κ1) is 20.7. The Morgan fingerprint density at radius 3 is 2.50 bits per heavy atom. The predicted octanol–water partition coefficient (Wildman–Crippen LogP) is 4.74. The summed E-state index contributed by atoms with van der Waals surface area (Å²) in [5.41, 5.74) is 5.06. The molecule has 2 aromatic carbocycles. The summed E-state index contributed by atoms with van der Waals surface area (Å²) >= 11 is 1.73. The minimum absolute atomic E-state index is 0.0530. The largest absolute Gasteiger partial charge is 0.337 e. The maximum absolute atomic E-state index is 13.2. The monoisotopic (exact) mass is 443 g/mol. The molecular formula is C25H25N5OS.